The van der Waals surface area contributed by atoms with E-state index < -0.39 is 12.1 Å². The van der Waals surface area contributed by atoms with Crippen LogP contribution in [0.2, 0.25) is 0 Å². The van der Waals surface area contributed by atoms with Crippen molar-refractivity contribution in [1.29, 1.82) is 0 Å². The molecule has 1 aromatic heterocycles. The molecule has 8 heteroatoms. The van der Waals surface area contributed by atoms with Gasteiger partial charge in [-0.2, -0.15) is 0 Å². The van der Waals surface area contributed by atoms with E-state index in [1.165, 1.54) is 29.4 Å². The highest BCUT2D eigenvalue weighted by atomic mass is 19.1. The van der Waals surface area contributed by atoms with Crippen molar-refractivity contribution in [3.05, 3.63) is 88.9 Å². The SMILES string of the molecule is CC.CC(C)C1=N[C@H](C)N(C/C=C/c2ccc3c(c2)C[C@@]2(C3)C(=O)Nc3ncccc32)C1=O.CC/C(F)=C\C=C/CF. The van der Waals surface area contributed by atoms with Crippen molar-refractivity contribution in [2.75, 3.05) is 18.5 Å². The van der Waals surface area contributed by atoms with E-state index in [0.29, 0.717) is 37.3 Å². The average molecular weight is 577 g/mol. The standard InChI is InChI=1S/C25H26N4O2.C7H10F2.C2H6/c1-15(2)21-23(30)29(16(3)27-21)11-5-6-17-8-9-18-13-25(14-19(18)12-17)20-7-4-10-26-22(20)28-24(25)31;1-2-7(9)5-3-4-6-8;1-2/h4-10,12,15-16H,11,13-14H2,1-3H3,(H,26,28,31);3-5H,2,6H2,1H3;1-2H3/b6-5+;4-3-,7-5+;/t16-,25+;;/m0../s1. The van der Waals surface area contributed by atoms with Crippen molar-refractivity contribution in [1.82, 2.24) is 9.88 Å². The third kappa shape index (κ3) is 7.09. The number of aromatic nitrogens is 1. The molecule has 2 aromatic rings. The third-order valence-corrected chi connectivity index (χ3v) is 7.46. The van der Waals surface area contributed by atoms with Crippen LogP contribution >= 0.6 is 0 Å². The molecule has 5 rings (SSSR count). The van der Waals surface area contributed by atoms with Gasteiger partial charge in [0.05, 0.1) is 11.2 Å². The van der Waals surface area contributed by atoms with Gasteiger partial charge in [0, 0.05) is 24.2 Å². The van der Waals surface area contributed by atoms with E-state index in [1.54, 1.807) is 18.0 Å². The molecule has 2 atom stereocenters. The van der Waals surface area contributed by atoms with Gasteiger partial charge in [0.25, 0.3) is 5.91 Å². The number of anilines is 1. The predicted molar refractivity (Wildman–Crippen MR) is 167 cm³/mol. The van der Waals surface area contributed by atoms with E-state index in [-0.39, 0.29) is 29.7 Å². The van der Waals surface area contributed by atoms with Gasteiger partial charge in [0.15, 0.2) is 0 Å². The normalized spacial score (nSPS) is 20.9. The zero-order chi connectivity index (χ0) is 30.9. The molecule has 0 bridgehead atoms. The molecule has 3 heterocycles. The summed E-state index contributed by atoms with van der Waals surface area (Å²) in [5.41, 5.74) is 4.59. The molecule has 0 saturated heterocycles. The summed E-state index contributed by atoms with van der Waals surface area (Å²) >= 11 is 0. The van der Waals surface area contributed by atoms with Crippen LogP contribution in [-0.2, 0) is 27.8 Å². The Bertz CT molecular complexity index is 1400. The fourth-order valence-electron chi connectivity index (χ4n) is 5.31. The number of halogens is 2. The van der Waals surface area contributed by atoms with Gasteiger partial charge in [-0.15, -0.1) is 0 Å². The maximum Gasteiger partial charge on any atom is 0.270 e. The van der Waals surface area contributed by atoms with Crippen LogP contribution in [0.4, 0.5) is 14.6 Å². The lowest BCUT2D eigenvalue weighted by molar-refractivity contribution is -0.124. The smallest absolute Gasteiger partial charge is 0.270 e. The number of fused-ring (bicyclic) bond motifs is 3. The zero-order valence-electron chi connectivity index (χ0n) is 25.5. The first-order valence-corrected chi connectivity index (χ1v) is 14.7. The second-order valence-electron chi connectivity index (χ2n) is 10.5. The van der Waals surface area contributed by atoms with Crippen LogP contribution in [0.15, 0.2) is 71.7 Å². The number of benzene rings is 1. The molecule has 42 heavy (non-hydrogen) atoms. The van der Waals surface area contributed by atoms with Gasteiger partial charge >= 0.3 is 0 Å². The summed E-state index contributed by atoms with van der Waals surface area (Å²) in [7, 11) is 0. The van der Waals surface area contributed by atoms with Gasteiger partial charge in [0.1, 0.15) is 24.4 Å². The minimum Gasteiger partial charge on any atom is -0.312 e. The molecule has 1 N–H and O–H groups in total. The van der Waals surface area contributed by atoms with Gasteiger partial charge in [-0.1, -0.05) is 83.2 Å². The van der Waals surface area contributed by atoms with Crippen molar-refractivity contribution in [3.63, 3.8) is 0 Å². The fraction of sp³-hybridized carbons (Fsp3) is 0.412. The number of nitrogens with one attached hydrogen (secondary N) is 1. The van der Waals surface area contributed by atoms with Crippen molar-refractivity contribution < 1.29 is 18.4 Å². The first-order chi connectivity index (χ1) is 20.2. The largest absolute Gasteiger partial charge is 0.312 e. The van der Waals surface area contributed by atoms with Crippen LogP contribution in [-0.4, -0.2) is 46.8 Å². The zero-order valence-corrected chi connectivity index (χ0v) is 25.5. The number of amides is 2. The number of rotatable bonds is 7. The highest BCUT2D eigenvalue weighted by Crippen LogP contribution is 2.46. The van der Waals surface area contributed by atoms with Crippen LogP contribution < -0.4 is 5.32 Å². The summed E-state index contributed by atoms with van der Waals surface area (Å²) in [6.45, 7) is 11.7. The number of aliphatic imine (C=N–C) groups is 1. The first-order valence-electron chi connectivity index (χ1n) is 14.7. The highest BCUT2D eigenvalue weighted by Gasteiger charge is 2.51. The van der Waals surface area contributed by atoms with Crippen molar-refractivity contribution in [2.45, 2.75) is 72.4 Å². The monoisotopic (exact) mass is 576 g/mol. The van der Waals surface area contributed by atoms with Gasteiger partial charge < -0.3 is 10.2 Å². The van der Waals surface area contributed by atoms with Crippen molar-refractivity contribution in [3.8, 4) is 0 Å². The molecule has 1 aliphatic carbocycles. The Morgan fingerprint density at radius 1 is 1.17 bits per heavy atom. The molecule has 2 amide bonds. The van der Waals surface area contributed by atoms with E-state index in [4.69, 9.17) is 0 Å². The van der Waals surface area contributed by atoms with E-state index >= 15 is 0 Å². The van der Waals surface area contributed by atoms with Crippen LogP contribution in [0.3, 0.4) is 0 Å². The fourth-order valence-corrected chi connectivity index (χ4v) is 5.31. The molecule has 0 saturated carbocycles. The minimum absolute atomic E-state index is 0.0302. The topological polar surface area (TPSA) is 74.7 Å². The molecule has 1 aromatic carbocycles. The van der Waals surface area contributed by atoms with Crippen LogP contribution in [0.25, 0.3) is 6.08 Å². The number of pyridine rings is 1. The summed E-state index contributed by atoms with van der Waals surface area (Å²) in [6.07, 6.45) is 11.3. The van der Waals surface area contributed by atoms with E-state index in [0.717, 1.165) is 11.1 Å². The summed E-state index contributed by atoms with van der Waals surface area (Å²) in [6, 6.07) is 10.3. The Kier molecular flexibility index (Phi) is 11.5. The molecule has 2 aliphatic heterocycles. The number of nitrogens with zero attached hydrogens (tertiary/aromatic N) is 3. The van der Waals surface area contributed by atoms with E-state index in [2.05, 4.69) is 33.5 Å². The Labute approximate surface area is 248 Å². The van der Waals surface area contributed by atoms with Gasteiger partial charge in [0.2, 0.25) is 5.91 Å². The highest BCUT2D eigenvalue weighted by molar-refractivity contribution is 6.40. The number of allylic oxidation sites excluding steroid dienone is 4. The second kappa shape index (κ2) is 14.8. The maximum atomic E-state index is 12.9. The quantitative estimate of drug-likeness (QED) is 0.355. The summed E-state index contributed by atoms with van der Waals surface area (Å²) in [5, 5.41) is 2.95. The Morgan fingerprint density at radius 3 is 2.57 bits per heavy atom. The van der Waals surface area contributed by atoms with Gasteiger partial charge in [-0.3, -0.25) is 14.6 Å². The van der Waals surface area contributed by atoms with E-state index in [9.17, 15) is 18.4 Å². The molecule has 0 radical (unpaired) electrons. The summed E-state index contributed by atoms with van der Waals surface area (Å²) in [4.78, 5) is 36.0. The summed E-state index contributed by atoms with van der Waals surface area (Å²) in [5.74, 6) is 0.674. The predicted octanol–water partition coefficient (Wildman–Crippen LogP) is 7.17. The Balaban J connectivity index is 0.000000379. The Morgan fingerprint density at radius 2 is 1.90 bits per heavy atom. The number of hydrogen-bond acceptors (Lipinski definition) is 4. The van der Waals surface area contributed by atoms with E-state index in [1.807, 2.05) is 58.9 Å². The lowest BCUT2D eigenvalue weighted by Crippen LogP contribution is -2.35. The molecular formula is C34H42F2N4O2. The Hall–Kier alpha value is -3.94. The molecule has 1 spiro atoms. The van der Waals surface area contributed by atoms with Crippen LogP contribution in [0.5, 0.6) is 0 Å². The van der Waals surface area contributed by atoms with Crippen molar-refractivity contribution >= 4 is 29.4 Å². The first kappa shape index (κ1) is 32.6. The number of carbonyl (C=O) groups is 2. The number of hydrogen-bond donors (Lipinski definition) is 1. The average Bonchev–Trinajstić information content (AvgIpc) is 3.61. The summed E-state index contributed by atoms with van der Waals surface area (Å²) < 4.78 is 23.5. The lowest BCUT2D eigenvalue weighted by atomic mass is 9.79. The molecule has 224 valence electrons. The third-order valence-electron chi connectivity index (χ3n) is 7.46. The van der Waals surface area contributed by atoms with Crippen LogP contribution in [0, 0.1) is 5.92 Å². The van der Waals surface area contributed by atoms with Crippen molar-refractivity contribution in [2.24, 2.45) is 10.9 Å². The molecular weight excluding hydrogens is 534 g/mol. The number of carbonyl (C=O) groups excluding carboxylic acids is 2. The van der Waals surface area contributed by atoms with Crippen LogP contribution in [0.1, 0.15) is 70.2 Å². The lowest BCUT2D eigenvalue weighted by Gasteiger charge is -2.20. The molecule has 0 unspecified atom stereocenters. The number of alkyl halides is 1. The second-order valence-corrected chi connectivity index (χ2v) is 10.5. The van der Waals surface area contributed by atoms with Gasteiger partial charge in [-0.25, -0.2) is 13.8 Å². The molecule has 0 fully saturated rings. The maximum absolute atomic E-state index is 12.9. The minimum atomic E-state index is -0.545. The van der Waals surface area contributed by atoms with Gasteiger partial charge in [-0.05, 0) is 55.0 Å². The molecule has 3 aliphatic rings. The molecule has 6 nitrogen and oxygen atoms in total.